The third-order valence-corrected chi connectivity index (χ3v) is 5.47. The van der Waals surface area contributed by atoms with Crippen LogP contribution in [0.4, 0.5) is 0 Å². The Hall–Kier alpha value is -1.80. The molecule has 2 rings (SSSR count). The van der Waals surface area contributed by atoms with E-state index in [1.165, 1.54) is 11.3 Å². The van der Waals surface area contributed by atoms with Gasteiger partial charge >= 0.3 is 0 Å². The number of nitrogens with two attached hydrogens (primary N) is 2. The molecular weight excluding hydrogens is 370 g/mol. The molecule has 28 heavy (non-hydrogen) atoms. The third kappa shape index (κ3) is 6.98. The van der Waals surface area contributed by atoms with Gasteiger partial charge in [-0.2, -0.15) is 0 Å². The summed E-state index contributed by atoms with van der Waals surface area (Å²) in [6.45, 7) is 6.19. The molecule has 0 aliphatic heterocycles. The van der Waals surface area contributed by atoms with E-state index >= 15 is 0 Å². The van der Waals surface area contributed by atoms with Crippen molar-refractivity contribution in [3.05, 3.63) is 41.0 Å². The van der Waals surface area contributed by atoms with E-state index in [4.69, 9.17) is 11.5 Å². The third-order valence-electron chi connectivity index (χ3n) is 4.42. The molecule has 1 aromatic carbocycles. The van der Waals surface area contributed by atoms with E-state index < -0.39 is 0 Å². The van der Waals surface area contributed by atoms with Gasteiger partial charge in [0.15, 0.2) is 5.01 Å². The van der Waals surface area contributed by atoms with Gasteiger partial charge in [0.05, 0.1) is 16.3 Å². The van der Waals surface area contributed by atoms with Crippen molar-refractivity contribution in [3.63, 3.8) is 0 Å². The molecular formula is C21H33N5OS. The molecule has 1 heterocycles. The molecule has 0 saturated heterocycles. The fourth-order valence-corrected chi connectivity index (χ4v) is 3.88. The topological polar surface area (TPSA) is 106 Å². The van der Waals surface area contributed by atoms with Crippen LogP contribution in [0.25, 0.3) is 10.2 Å². The van der Waals surface area contributed by atoms with Crippen LogP contribution < -0.4 is 22.1 Å². The van der Waals surface area contributed by atoms with Gasteiger partial charge < -0.3 is 22.1 Å². The number of ketones is 1. The number of benzene rings is 1. The maximum atomic E-state index is 13.2. The van der Waals surface area contributed by atoms with E-state index in [0.29, 0.717) is 24.5 Å². The van der Waals surface area contributed by atoms with Crippen molar-refractivity contribution >= 4 is 27.3 Å². The van der Waals surface area contributed by atoms with Gasteiger partial charge in [0.2, 0.25) is 5.78 Å². The Labute approximate surface area is 171 Å². The monoisotopic (exact) mass is 403 g/mol. The van der Waals surface area contributed by atoms with Crippen LogP contribution in [0.15, 0.2) is 36.0 Å². The summed E-state index contributed by atoms with van der Waals surface area (Å²) in [6, 6.07) is 7.70. The zero-order valence-electron chi connectivity index (χ0n) is 16.9. The standard InChI is InChI=1S/C21H33N5OS/c1-3-7-16(14-24-13-11-15(2)23)25-18(9-6-12-22)20(27)21-26-17-8-4-5-10-19(17)28-21/h4-5,7-8,10,15,18,24-25H,3,6,9,11-14,22-23H2,1-2H3/b16-7+/t15-,18+/m1/s1. The van der Waals surface area contributed by atoms with Crippen molar-refractivity contribution in [3.8, 4) is 0 Å². The quantitative estimate of drug-likeness (QED) is 0.303. The van der Waals surface area contributed by atoms with Crippen LogP contribution >= 0.6 is 11.3 Å². The number of fused-ring (bicyclic) bond motifs is 1. The highest BCUT2D eigenvalue weighted by Crippen LogP contribution is 2.23. The summed E-state index contributed by atoms with van der Waals surface area (Å²) in [7, 11) is 0. The van der Waals surface area contributed by atoms with Crippen molar-refractivity contribution in [2.45, 2.75) is 51.6 Å². The second-order valence-corrected chi connectivity index (χ2v) is 8.09. The van der Waals surface area contributed by atoms with Crippen LogP contribution in [-0.4, -0.2) is 42.5 Å². The van der Waals surface area contributed by atoms with Crippen LogP contribution in [0.3, 0.4) is 0 Å². The summed E-state index contributed by atoms with van der Waals surface area (Å²) in [5.74, 6) is 0.0345. The SMILES string of the molecule is CC/C=C(\CNCC[C@@H](C)N)N[C@@H](CCCN)C(=O)c1nc2ccccc2s1. The van der Waals surface area contributed by atoms with Gasteiger partial charge in [-0.1, -0.05) is 25.1 Å². The first-order valence-corrected chi connectivity index (χ1v) is 10.9. The minimum Gasteiger partial charge on any atom is -0.377 e. The van der Waals surface area contributed by atoms with Crippen LogP contribution in [0.1, 0.15) is 49.3 Å². The largest absolute Gasteiger partial charge is 0.377 e. The summed E-state index contributed by atoms with van der Waals surface area (Å²) < 4.78 is 1.03. The number of aromatic nitrogens is 1. The lowest BCUT2D eigenvalue weighted by atomic mass is 10.1. The number of hydrogen-bond donors (Lipinski definition) is 4. The van der Waals surface area contributed by atoms with Crippen LogP contribution in [0.5, 0.6) is 0 Å². The van der Waals surface area contributed by atoms with E-state index in [9.17, 15) is 4.79 Å². The molecule has 2 atom stereocenters. The fraction of sp³-hybridized carbons (Fsp3) is 0.524. The number of hydrogen-bond acceptors (Lipinski definition) is 7. The van der Waals surface area contributed by atoms with E-state index in [-0.39, 0.29) is 17.9 Å². The smallest absolute Gasteiger partial charge is 0.213 e. The van der Waals surface area contributed by atoms with E-state index in [1.54, 1.807) is 0 Å². The number of rotatable bonds is 13. The number of nitrogens with zero attached hydrogens (tertiary/aromatic N) is 1. The maximum Gasteiger partial charge on any atom is 0.213 e. The second kappa shape index (κ2) is 11.9. The molecule has 0 unspecified atom stereocenters. The molecule has 6 N–H and O–H groups in total. The Bertz CT molecular complexity index is 738. The first-order valence-electron chi connectivity index (χ1n) is 10.1. The predicted octanol–water partition coefficient (Wildman–Crippen LogP) is 2.80. The highest BCUT2D eigenvalue weighted by Gasteiger charge is 2.23. The molecule has 0 aliphatic rings. The summed E-state index contributed by atoms with van der Waals surface area (Å²) in [4.78, 5) is 17.7. The van der Waals surface area contributed by atoms with E-state index in [0.717, 1.165) is 41.7 Å². The van der Waals surface area contributed by atoms with Crippen molar-refractivity contribution in [1.29, 1.82) is 0 Å². The molecule has 0 aliphatic carbocycles. The van der Waals surface area contributed by atoms with Crippen molar-refractivity contribution < 1.29 is 4.79 Å². The van der Waals surface area contributed by atoms with Gasteiger partial charge in [-0.3, -0.25) is 4.79 Å². The molecule has 7 heteroatoms. The molecule has 0 amide bonds. The number of nitrogens with one attached hydrogen (secondary N) is 2. The average molecular weight is 404 g/mol. The van der Waals surface area contributed by atoms with Crippen LogP contribution in [-0.2, 0) is 0 Å². The van der Waals surface area contributed by atoms with Crippen molar-refractivity contribution in [1.82, 2.24) is 15.6 Å². The molecule has 154 valence electrons. The summed E-state index contributed by atoms with van der Waals surface area (Å²) in [6.07, 6.45) is 5.41. The lowest BCUT2D eigenvalue weighted by Gasteiger charge is -2.21. The molecule has 2 aromatic rings. The zero-order valence-corrected chi connectivity index (χ0v) is 17.7. The molecule has 0 bridgehead atoms. The molecule has 0 saturated carbocycles. The van der Waals surface area contributed by atoms with E-state index in [2.05, 4.69) is 28.6 Å². The van der Waals surface area contributed by atoms with Gasteiger partial charge in [0.25, 0.3) is 0 Å². The molecule has 6 nitrogen and oxygen atoms in total. The van der Waals surface area contributed by atoms with Crippen molar-refractivity contribution in [2.24, 2.45) is 11.5 Å². The molecule has 0 spiro atoms. The number of para-hydroxylation sites is 1. The van der Waals surface area contributed by atoms with Crippen molar-refractivity contribution in [2.75, 3.05) is 19.6 Å². The van der Waals surface area contributed by atoms with Gasteiger partial charge in [-0.15, -0.1) is 11.3 Å². The summed E-state index contributed by atoms with van der Waals surface area (Å²) in [5, 5.41) is 7.41. The van der Waals surface area contributed by atoms with E-state index in [1.807, 2.05) is 31.2 Å². The second-order valence-electron chi connectivity index (χ2n) is 7.06. The normalized spacial score (nSPS) is 14.2. The zero-order chi connectivity index (χ0) is 20.4. The summed E-state index contributed by atoms with van der Waals surface area (Å²) >= 11 is 1.45. The lowest BCUT2D eigenvalue weighted by molar-refractivity contribution is 0.0942. The fourth-order valence-electron chi connectivity index (χ4n) is 2.92. The Morgan fingerprint density at radius 3 is 2.79 bits per heavy atom. The van der Waals surface area contributed by atoms with Crippen LogP contribution in [0, 0.1) is 0 Å². The first-order chi connectivity index (χ1) is 13.5. The molecule has 0 fully saturated rings. The Morgan fingerprint density at radius 1 is 1.32 bits per heavy atom. The Kier molecular flexibility index (Phi) is 9.57. The maximum absolute atomic E-state index is 13.2. The van der Waals surface area contributed by atoms with Gasteiger partial charge in [-0.05, 0) is 57.8 Å². The number of thiazole rings is 1. The molecule has 0 radical (unpaired) electrons. The number of allylic oxidation sites excluding steroid dienone is 1. The number of carbonyl (C=O) groups excluding carboxylic acids is 1. The first kappa shape index (κ1) is 22.5. The Morgan fingerprint density at radius 2 is 2.11 bits per heavy atom. The molecule has 1 aromatic heterocycles. The van der Waals surface area contributed by atoms with Gasteiger partial charge in [0, 0.05) is 18.3 Å². The lowest BCUT2D eigenvalue weighted by Crippen LogP contribution is -2.39. The number of carbonyl (C=O) groups is 1. The van der Waals surface area contributed by atoms with Crippen LogP contribution in [0.2, 0.25) is 0 Å². The predicted molar refractivity (Wildman–Crippen MR) is 119 cm³/mol. The highest BCUT2D eigenvalue weighted by atomic mass is 32.1. The van der Waals surface area contributed by atoms with Gasteiger partial charge in [0.1, 0.15) is 0 Å². The van der Waals surface area contributed by atoms with Gasteiger partial charge in [-0.25, -0.2) is 4.98 Å². The number of Topliss-reactive ketones (excluding diaryl/α,β-unsaturated/α-hetero) is 1. The Balaban J connectivity index is 2.09. The highest BCUT2D eigenvalue weighted by molar-refractivity contribution is 7.20. The minimum absolute atomic E-state index is 0.0345. The average Bonchev–Trinajstić information content (AvgIpc) is 3.11. The summed E-state index contributed by atoms with van der Waals surface area (Å²) in [5.41, 5.74) is 13.4. The minimum atomic E-state index is -0.322.